The summed E-state index contributed by atoms with van der Waals surface area (Å²) in [7, 11) is 1.68. The molecule has 0 amide bonds. The molecule has 1 aromatic rings. The lowest BCUT2D eigenvalue weighted by Gasteiger charge is -2.15. The molecule has 5 nitrogen and oxygen atoms in total. The van der Waals surface area contributed by atoms with E-state index in [4.69, 9.17) is 14.5 Å². The van der Waals surface area contributed by atoms with Crippen LogP contribution in [0.25, 0.3) is 0 Å². The fourth-order valence-electron chi connectivity index (χ4n) is 2.22. The molecule has 0 aromatic heterocycles. The van der Waals surface area contributed by atoms with Crippen molar-refractivity contribution in [1.82, 2.24) is 10.6 Å². The maximum absolute atomic E-state index is 5.46. The lowest BCUT2D eigenvalue weighted by molar-refractivity contribution is 0.0733. The van der Waals surface area contributed by atoms with Gasteiger partial charge >= 0.3 is 0 Å². The molecule has 0 saturated heterocycles. The van der Waals surface area contributed by atoms with Gasteiger partial charge in [0.1, 0.15) is 0 Å². The first-order chi connectivity index (χ1) is 11.8. The predicted molar refractivity (Wildman–Crippen MR) is 101 cm³/mol. The van der Waals surface area contributed by atoms with E-state index < -0.39 is 0 Å². The van der Waals surface area contributed by atoms with Crippen molar-refractivity contribution in [1.29, 1.82) is 0 Å². The summed E-state index contributed by atoms with van der Waals surface area (Å²) in [5.41, 5.74) is 0. The molecule has 1 fully saturated rings. The SMILES string of the molecule is CCNC(=NCC1(Sc2ccccc2)CC1)NCCOCCOC. The fourth-order valence-corrected chi connectivity index (χ4v) is 3.45. The smallest absolute Gasteiger partial charge is 0.191 e. The number of thioether (sulfide) groups is 1. The van der Waals surface area contributed by atoms with Crippen LogP contribution in [0.1, 0.15) is 19.8 Å². The van der Waals surface area contributed by atoms with Crippen molar-refractivity contribution in [3.63, 3.8) is 0 Å². The van der Waals surface area contributed by atoms with Crippen molar-refractivity contribution in [2.75, 3.05) is 46.6 Å². The summed E-state index contributed by atoms with van der Waals surface area (Å²) in [4.78, 5) is 6.10. The molecule has 2 N–H and O–H groups in total. The topological polar surface area (TPSA) is 54.9 Å². The highest BCUT2D eigenvalue weighted by atomic mass is 32.2. The third-order valence-corrected chi connectivity index (χ3v) is 5.20. The number of benzene rings is 1. The number of methoxy groups -OCH3 is 1. The van der Waals surface area contributed by atoms with Gasteiger partial charge in [-0.05, 0) is 31.9 Å². The zero-order valence-electron chi connectivity index (χ0n) is 14.7. The molecule has 1 aromatic carbocycles. The molecule has 24 heavy (non-hydrogen) atoms. The highest BCUT2D eigenvalue weighted by molar-refractivity contribution is 8.01. The third-order valence-electron chi connectivity index (χ3n) is 3.73. The number of ether oxygens (including phenoxy) is 2. The van der Waals surface area contributed by atoms with E-state index in [1.54, 1.807) is 7.11 Å². The average Bonchev–Trinajstić information content (AvgIpc) is 3.36. The molecule has 0 heterocycles. The van der Waals surface area contributed by atoms with Gasteiger partial charge in [0.2, 0.25) is 0 Å². The highest BCUT2D eigenvalue weighted by Gasteiger charge is 2.43. The van der Waals surface area contributed by atoms with E-state index in [0.29, 0.717) is 19.8 Å². The van der Waals surface area contributed by atoms with Crippen molar-refractivity contribution in [3.05, 3.63) is 30.3 Å². The summed E-state index contributed by atoms with van der Waals surface area (Å²) in [6.07, 6.45) is 2.46. The summed E-state index contributed by atoms with van der Waals surface area (Å²) in [6.45, 7) is 6.43. The molecule has 0 bridgehead atoms. The molecule has 1 aliphatic rings. The first-order valence-corrected chi connectivity index (χ1v) is 9.42. The summed E-state index contributed by atoms with van der Waals surface area (Å²) in [5.74, 6) is 0.868. The summed E-state index contributed by atoms with van der Waals surface area (Å²) < 4.78 is 10.7. The molecule has 6 heteroatoms. The zero-order chi connectivity index (χ0) is 17.1. The molecule has 0 unspecified atom stereocenters. The van der Waals surface area contributed by atoms with Crippen molar-refractivity contribution >= 4 is 17.7 Å². The van der Waals surface area contributed by atoms with E-state index >= 15 is 0 Å². The first-order valence-electron chi connectivity index (χ1n) is 8.61. The molecule has 134 valence electrons. The van der Waals surface area contributed by atoms with Gasteiger partial charge in [-0.1, -0.05) is 18.2 Å². The molecule has 0 aliphatic heterocycles. The van der Waals surface area contributed by atoms with Crippen LogP contribution in [0.3, 0.4) is 0 Å². The average molecular weight is 352 g/mol. The van der Waals surface area contributed by atoms with E-state index in [9.17, 15) is 0 Å². The molecule has 0 atom stereocenters. The van der Waals surface area contributed by atoms with Crippen LogP contribution < -0.4 is 10.6 Å². The van der Waals surface area contributed by atoms with E-state index in [2.05, 4.69) is 47.9 Å². The first kappa shape index (κ1) is 19.1. The highest BCUT2D eigenvalue weighted by Crippen LogP contribution is 2.51. The van der Waals surface area contributed by atoms with Crippen LogP contribution in [0.4, 0.5) is 0 Å². The maximum atomic E-state index is 5.46. The standard InChI is InChI=1S/C18H29N3O2S/c1-3-19-17(20-11-12-23-14-13-22-2)21-15-18(9-10-18)24-16-7-5-4-6-8-16/h4-8H,3,9-15H2,1-2H3,(H2,19,20,21). The normalized spacial score (nSPS) is 16.0. The third kappa shape index (κ3) is 7.11. The van der Waals surface area contributed by atoms with Crippen LogP contribution in [0.15, 0.2) is 40.2 Å². The van der Waals surface area contributed by atoms with Crippen LogP contribution in [-0.2, 0) is 9.47 Å². The van der Waals surface area contributed by atoms with Crippen molar-refractivity contribution in [2.45, 2.75) is 29.4 Å². The number of hydrogen-bond acceptors (Lipinski definition) is 4. The minimum Gasteiger partial charge on any atom is -0.382 e. The Morgan fingerprint density at radius 1 is 1.17 bits per heavy atom. The Morgan fingerprint density at radius 3 is 2.62 bits per heavy atom. The van der Waals surface area contributed by atoms with Crippen LogP contribution in [0, 0.1) is 0 Å². The lowest BCUT2D eigenvalue weighted by atomic mass is 10.4. The minimum absolute atomic E-state index is 0.276. The Balaban J connectivity index is 1.75. The van der Waals surface area contributed by atoms with Crippen LogP contribution in [0.2, 0.25) is 0 Å². The lowest BCUT2D eigenvalue weighted by Crippen LogP contribution is -2.39. The van der Waals surface area contributed by atoms with Gasteiger partial charge in [-0.25, -0.2) is 0 Å². The van der Waals surface area contributed by atoms with Gasteiger partial charge in [0.25, 0.3) is 0 Å². The number of rotatable bonds is 11. The number of hydrogen-bond donors (Lipinski definition) is 2. The molecule has 2 rings (SSSR count). The van der Waals surface area contributed by atoms with Gasteiger partial charge < -0.3 is 20.1 Å². The van der Waals surface area contributed by atoms with Gasteiger partial charge in [-0.2, -0.15) is 0 Å². The Hall–Kier alpha value is -1.24. The number of nitrogens with one attached hydrogen (secondary N) is 2. The van der Waals surface area contributed by atoms with E-state index in [1.807, 2.05) is 11.8 Å². The molecule has 0 spiro atoms. The van der Waals surface area contributed by atoms with Crippen LogP contribution in [0.5, 0.6) is 0 Å². The summed E-state index contributed by atoms with van der Waals surface area (Å²) in [5, 5.41) is 6.62. The van der Waals surface area contributed by atoms with Gasteiger partial charge in [-0.3, -0.25) is 4.99 Å². The molecule has 1 aliphatic carbocycles. The molecular formula is C18H29N3O2S. The fraction of sp³-hybridized carbons (Fsp3) is 0.611. The number of aliphatic imine (C=N–C) groups is 1. The number of nitrogens with zero attached hydrogens (tertiary/aromatic N) is 1. The van der Waals surface area contributed by atoms with Gasteiger partial charge in [0, 0.05) is 29.8 Å². The van der Waals surface area contributed by atoms with Crippen molar-refractivity contribution < 1.29 is 9.47 Å². The number of guanidine groups is 1. The van der Waals surface area contributed by atoms with Crippen molar-refractivity contribution in [3.8, 4) is 0 Å². The Labute approximate surface area is 149 Å². The summed E-state index contributed by atoms with van der Waals surface area (Å²) >= 11 is 1.95. The van der Waals surface area contributed by atoms with Gasteiger partial charge in [0.05, 0.1) is 26.4 Å². The quantitative estimate of drug-likeness (QED) is 0.364. The Kier molecular flexibility index (Phi) is 8.42. The molecule has 0 radical (unpaired) electrons. The second-order valence-corrected chi connectivity index (χ2v) is 7.37. The maximum Gasteiger partial charge on any atom is 0.191 e. The molecule has 1 saturated carbocycles. The van der Waals surface area contributed by atoms with Crippen LogP contribution >= 0.6 is 11.8 Å². The second-order valence-electron chi connectivity index (χ2n) is 5.83. The monoisotopic (exact) mass is 351 g/mol. The zero-order valence-corrected chi connectivity index (χ0v) is 15.5. The Bertz CT molecular complexity index is 492. The second kappa shape index (κ2) is 10.6. The largest absolute Gasteiger partial charge is 0.382 e. The van der Waals surface area contributed by atoms with E-state index in [0.717, 1.165) is 25.6 Å². The van der Waals surface area contributed by atoms with Gasteiger partial charge in [0.15, 0.2) is 5.96 Å². The summed E-state index contributed by atoms with van der Waals surface area (Å²) in [6, 6.07) is 10.6. The minimum atomic E-state index is 0.276. The molecular weight excluding hydrogens is 322 g/mol. The van der Waals surface area contributed by atoms with Gasteiger partial charge in [-0.15, -0.1) is 11.8 Å². The van der Waals surface area contributed by atoms with Crippen molar-refractivity contribution in [2.24, 2.45) is 4.99 Å². The Morgan fingerprint density at radius 2 is 1.96 bits per heavy atom. The predicted octanol–water partition coefficient (Wildman–Crippen LogP) is 2.53. The van der Waals surface area contributed by atoms with Crippen LogP contribution in [-0.4, -0.2) is 57.3 Å². The van der Waals surface area contributed by atoms with E-state index in [-0.39, 0.29) is 4.75 Å². The van der Waals surface area contributed by atoms with E-state index in [1.165, 1.54) is 17.7 Å².